The number of hydrogen-bond donors (Lipinski definition) is 1. The van der Waals surface area contributed by atoms with Crippen LogP contribution in [0.1, 0.15) is 11.1 Å². The summed E-state index contributed by atoms with van der Waals surface area (Å²) in [4.78, 5) is 38.9. The van der Waals surface area contributed by atoms with Gasteiger partial charge in [-0.1, -0.05) is 24.3 Å². The van der Waals surface area contributed by atoms with E-state index >= 15 is 0 Å². The molecule has 4 amide bonds. The molecule has 1 N–H and O–H groups in total. The average molecular weight is 586 g/mol. The van der Waals surface area contributed by atoms with Crippen LogP contribution < -0.4 is 24.4 Å². The molecule has 2 aliphatic rings. The van der Waals surface area contributed by atoms with Gasteiger partial charge in [-0.05, 0) is 64.6 Å². The molecule has 0 radical (unpaired) electrons. The Morgan fingerprint density at radius 3 is 2.63 bits per heavy atom. The molecular weight excluding hydrogens is 570 g/mol. The molecule has 0 spiro atoms. The number of nitrogens with one attached hydrogen (secondary N) is 1. The molecule has 2 heterocycles. The zero-order chi connectivity index (χ0) is 24.5. The van der Waals surface area contributed by atoms with Gasteiger partial charge in [0.1, 0.15) is 23.7 Å². The smallest absolute Gasteiger partial charge is 0.335 e. The van der Waals surface area contributed by atoms with Gasteiger partial charge in [-0.2, -0.15) is 0 Å². The summed E-state index contributed by atoms with van der Waals surface area (Å²) < 4.78 is 30.8. The summed E-state index contributed by atoms with van der Waals surface area (Å²) in [5.74, 6) is -0.511. The van der Waals surface area contributed by atoms with Gasteiger partial charge in [0.2, 0.25) is 6.79 Å². The highest BCUT2D eigenvalue weighted by Crippen LogP contribution is 2.36. The van der Waals surface area contributed by atoms with Crippen molar-refractivity contribution in [3.8, 4) is 17.2 Å². The fourth-order valence-corrected chi connectivity index (χ4v) is 4.27. The summed E-state index contributed by atoms with van der Waals surface area (Å²) in [6.07, 6.45) is 1.40. The number of anilines is 1. The number of imide groups is 2. The lowest BCUT2D eigenvalue weighted by Gasteiger charge is -2.26. The van der Waals surface area contributed by atoms with E-state index in [2.05, 4.69) is 27.9 Å². The summed E-state index contributed by atoms with van der Waals surface area (Å²) >= 11 is 2.05. The second-order valence-electron chi connectivity index (χ2n) is 7.57. The first-order valence-corrected chi connectivity index (χ1v) is 11.5. The van der Waals surface area contributed by atoms with Crippen LogP contribution in [0, 0.1) is 9.39 Å². The Balaban J connectivity index is 1.38. The number of halogens is 2. The molecule has 0 aliphatic carbocycles. The number of benzene rings is 3. The number of urea groups is 1. The lowest BCUT2D eigenvalue weighted by molar-refractivity contribution is -0.122. The Kier molecular flexibility index (Phi) is 6.12. The van der Waals surface area contributed by atoms with E-state index in [9.17, 15) is 18.8 Å². The van der Waals surface area contributed by atoms with E-state index in [1.807, 2.05) is 0 Å². The van der Waals surface area contributed by atoms with Crippen LogP contribution in [0.2, 0.25) is 0 Å². The highest BCUT2D eigenvalue weighted by atomic mass is 127. The van der Waals surface area contributed by atoms with Crippen molar-refractivity contribution in [1.29, 1.82) is 0 Å². The van der Waals surface area contributed by atoms with Gasteiger partial charge in [-0.3, -0.25) is 14.9 Å². The van der Waals surface area contributed by atoms with Crippen LogP contribution >= 0.6 is 22.6 Å². The maximum Gasteiger partial charge on any atom is 0.335 e. The fraction of sp³-hybridized carbons (Fsp3) is 0.0800. The Morgan fingerprint density at radius 1 is 1.03 bits per heavy atom. The van der Waals surface area contributed by atoms with E-state index in [1.54, 1.807) is 42.5 Å². The van der Waals surface area contributed by atoms with E-state index in [0.29, 0.717) is 31.9 Å². The minimum absolute atomic E-state index is 0.0429. The monoisotopic (exact) mass is 586 g/mol. The molecule has 0 saturated carbocycles. The van der Waals surface area contributed by atoms with Crippen LogP contribution in [0.3, 0.4) is 0 Å². The normalized spacial score (nSPS) is 16.0. The number of barbiturate groups is 1. The summed E-state index contributed by atoms with van der Waals surface area (Å²) in [7, 11) is 0. The van der Waals surface area contributed by atoms with E-state index in [0.717, 1.165) is 4.90 Å². The van der Waals surface area contributed by atoms with Crippen molar-refractivity contribution >= 4 is 52.2 Å². The van der Waals surface area contributed by atoms with Crippen LogP contribution in [-0.4, -0.2) is 24.6 Å². The number of fused-ring (bicyclic) bond motifs is 1. The molecule has 8 nitrogen and oxygen atoms in total. The molecule has 1 saturated heterocycles. The highest BCUT2D eigenvalue weighted by Gasteiger charge is 2.37. The predicted octanol–water partition coefficient (Wildman–Crippen LogP) is 4.40. The van der Waals surface area contributed by atoms with Gasteiger partial charge in [0.25, 0.3) is 11.8 Å². The second kappa shape index (κ2) is 9.37. The first-order chi connectivity index (χ1) is 16.9. The SMILES string of the molecule is O=C1NC(=O)N(c2ccc3c(c2)OCO3)C(=O)/C1=C/c1ccc(OCc2ccccc2F)c(I)c1. The number of ether oxygens (including phenoxy) is 3. The molecule has 0 bridgehead atoms. The molecule has 0 aromatic heterocycles. The summed E-state index contributed by atoms with van der Waals surface area (Å²) in [6, 6.07) is 15.1. The van der Waals surface area contributed by atoms with Gasteiger partial charge < -0.3 is 14.2 Å². The maximum absolute atomic E-state index is 13.8. The molecule has 3 aromatic rings. The quantitative estimate of drug-likeness (QED) is 0.271. The van der Waals surface area contributed by atoms with E-state index in [1.165, 1.54) is 24.3 Å². The zero-order valence-electron chi connectivity index (χ0n) is 17.9. The molecule has 176 valence electrons. The molecule has 2 aliphatic heterocycles. The first kappa shape index (κ1) is 22.8. The van der Waals surface area contributed by atoms with E-state index in [-0.39, 0.29) is 30.5 Å². The van der Waals surface area contributed by atoms with Gasteiger partial charge in [-0.15, -0.1) is 0 Å². The third-order valence-electron chi connectivity index (χ3n) is 5.32. The zero-order valence-corrected chi connectivity index (χ0v) is 20.1. The van der Waals surface area contributed by atoms with Crippen molar-refractivity contribution in [3.05, 3.63) is 86.8 Å². The minimum Gasteiger partial charge on any atom is -0.488 e. The second-order valence-corrected chi connectivity index (χ2v) is 8.73. The molecule has 10 heteroatoms. The van der Waals surface area contributed by atoms with Crippen LogP contribution in [0.15, 0.2) is 66.2 Å². The molecular formula is C25H16FIN2O6. The van der Waals surface area contributed by atoms with E-state index < -0.39 is 17.8 Å². The highest BCUT2D eigenvalue weighted by molar-refractivity contribution is 14.1. The molecule has 1 fully saturated rings. The number of amides is 4. The molecule has 3 aromatic carbocycles. The van der Waals surface area contributed by atoms with Gasteiger partial charge in [0, 0.05) is 11.6 Å². The summed E-state index contributed by atoms with van der Waals surface area (Å²) in [5.41, 5.74) is 0.998. The number of hydrogen-bond acceptors (Lipinski definition) is 6. The van der Waals surface area contributed by atoms with Gasteiger partial charge in [0.15, 0.2) is 11.5 Å². The van der Waals surface area contributed by atoms with Crippen LogP contribution in [0.25, 0.3) is 6.08 Å². The third kappa shape index (κ3) is 4.56. The fourth-order valence-electron chi connectivity index (χ4n) is 3.58. The average Bonchev–Trinajstić information content (AvgIpc) is 3.30. The van der Waals surface area contributed by atoms with Gasteiger partial charge in [0.05, 0.1) is 9.26 Å². The molecule has 5 rings (SSSR count). The topological polar surface area (TPSA) is 94.2 Å². The Bertz CT molecular complexity index is 1410. The van der Waals surface area contributed by atoms with Crippen LogP contribution in [-0.2, 0) is 16.2 Å². The lowest BCUT2D eigenvalue weighted by Crippen LogP contribution is -2.54. The van der Waals surface area contributed by atoms with Crippen molar-refractivity contribution in [2.24, 2.45) is 0 Å². The number of carbonyl (C=O) groups is 3. The maximum atomic E-state index is 13.8. The van der Waals surface area contributed by atoms with Gasteiger partial charge >= 0.3 is 6.03 Å². The lowest BCUT2D eigenvalue weighted by atomic mass is 10.1. The Morgan fingerprint density at radius 2 is 1.83 bits per heavy atom. The van der Waals surface area contributed by atoms with Crippen molar-refractivity contribution in [3.63, 3.8) is 0 Å². The largest absolute Gasteiger partial charge is 0.488 e. The van der Waals surface area contributed by atoms with Crippen molar-refractivity contribution < 1.29 is 33.0 Å². The summed E-state index contributed by atoms with van der Waals surface area (Å²) in [5, 5.41) is 2.19. The molecule has 35 heavy (non-hydrogen) atoms. The number of rotatable bonds is 5. The van der Waals surface area contributed by atoms with Crippen molar-refractivity contribution in [2.45, 2.75) is 6.61 Å². The van der Waals surface area contributed by atoms with Crippen molar-refractivity contribution in [2.75, 3.05) is 11.7 Å². The number of nitrogens with zero attached hydrogens (tertiary/aromatic N) is 1. The predicted molar refractivity (Wildman–Crippen MR) is 131 cm³/mol. The third-order valence-corrected chi connectivity index (χ3v) is 6.17. The van der Waals surface area contributed by atoms with E-state index in [4.69, 9.17) is 14.2 Å². The first-order valence-electron chi connectivity index (χ1n) is 10.4. The minimum atomic E-state index is -0.859. The van der Waals surface area contributed by atoms with Crippen molar-refractivity contribution in [1.82, 2.24) is 5.32 Å². The molecule has 0 unspecified atom stereocenters. The summed E-state index contributed by atoms with van der Waals surface area (Å²) in [6.45, 7) is 0.0950. The van der Waals surface area contributed by atoms with Crippen LogP contribution in [0.5, 0.6) is 17.2 Å². The van der Waals surface area contributed by atoms with Gasteiger partial charge in [-0.25, -0.2) is 14.1 Å². The van der Waals surface area contributed by atoms with Crippen LogP contribution in [0.4, 0.5) is 14.9 Å². The Hall–Kier alpha value is -3.93. The molecule has 0 atom stereocenters. The number of carbonyl (C=O) groups excluding carboxylic acids is 3. The Labute approximate surface area is 212 Å². The standard InChI is InChI=1S/C25H16FIN2O6/c26-18-4-2-1-3-15(18)12-33-20-7-5-14(10-19(20)27)9-17-23(30)28-25(32)29(24(17)31)16-6-8-21-22(11-16)35-13-34-21/h1-11H,12-13H2,(H,28,30,32)/b17-9+.